The van der Waals surface area contributed by atoms with Crippen molar-refractivity contribution in [1.82, 2.24) is 0 Å². The molecule has 0 aromatic heterocycles. The van der Waals surface area contributed by atoms with Gasteiger partial charge in [-0.3, -0.25) is 18.2 Å². The Balaban J connectivity index is 1.74. The zero-order valence-corrected chi connectivity index (χ0v) is 27.8. The molecule has 264 valence electrons. The molecule has 0 radical (unpaired) electrons. The van der Waals surface area contributed by atoms with Gasteiger partial charge in [-0.2, -0.15) is 33.7 Å². The lowest BCUT2D eigenvalue weighted by Crippen LogP contribution is -2.36. The molecule has 0 heterocycles. The van der Waals surface area contributed by atoms with Gasteiger partial charge in [0.15, 0.2) is 0 Å². The van der Waals surface area contributed by atoms with Crippen molar-refractivity contribution in [1.29, 1.82) is 0 Å². The zero-order chi connectivity index (χ0) is 35.7. The average molecular weight is 753 g/mol. The molecule has 0 aromatic carbocycles. The van der Waals surface area contributed by atoms with Crippen LogP contribution in [0.4, 0.5) is 0 Å². The summed E-state index contributed by atoms with van der Waals surface area (Å²) >= 11 is 0. The van der Waals surface area contributed by atoms with Crippen molar-refractivity contribution in [3.63, 3.8) is 0 Å². The van der Waals surface area contributed by atoms with Crippen LogP contribution < -0.4 is 0 Å². The van der Waals surface area contributed by atoms with Gasteiger partial charge in [-0.05, 0) is 72.3 Å². The van der Waals surface area contributed by atoms with Crippen LogP contribution in [0.2, 0.25) is 0 Å². The molecular formula is C28H32O16S4. The maximum Gasteiger partial charge on any atom is 0.294 e. The molecule has 0 spiro atoms. The fourth-order valence-corrected chi connectivity index (χ4v) is 9.29. The molecule has 1 saturated carbocycles. The van der Waals surface area contributed by atoms with E-state index in [1.165, 1.54) is 0 Å². The summed E-state index contributed by atoms with van der Waals surface area (Å²) in [5.41, 5.74) is -0.600. The smallest absolute Gasteiger partial charge is 0.294 e. The van der Waals surface area contributed by atoms with E-state index in [1.807, 2.05) is 0 Å². The molecule has 0 aliphatic heterocycles. The zero-order valence-electron chi connectivity index (χ0n) is 24.5. The minimum Gasteiger partial charge on any atom is -0.388 e. The Hall–Kier alpha value is -2.60. The average Bonchev–Trinajstić information content (AvgIpc) is 2.93. The SMILES string of the molecule is O=S(=O)(O)C1=CC2CC3=CC(S(=O)(=O)O)=CC(CC4=CC(S(=O)(=O)O)=CC(CC5=CC(S(=O)(=O)O)=CC(CC(=C1)C2O)C5O)C4O)C3O. The Morgan fingerprint density at radius 1 is 0.375 bits per heavy atom. The van der Waals surface area contributed by atoms with Crippen LogP contribution in [0, 0.1) is 23.7 Å². The molecule has 5 aliphatic rings. The third kappa shape index (κ3) is 7.59. The normalized spacial score (nSPS) is 33.5. The van der Waals surface area contributed by atoms with Crippen LogP contribution in [0.3, 0.4) is 0 Å². The first-order valence-corrected chi connectivity index (χ1v) is 20.0. The Morgan fingerprint density at radius 3 is 0.688 bits per heavy atom. The lowest BCUT2D eigenvalue weighted by Gasteiger charge is -2.37. The van der Waals surface area contributed by atoms with Crippen LogP contribution in [0.1, 0.15) is 25.7 Å². The van der Waals surface area contributed by atoms with E-state index in [0.29, 0.717) is 0 Å². The molecule has 8 N–H and O–H groups in total. The van der Waals surface area contributed by atoms with E-state index in [0.717, 1.165) is 48.6 Å². The molecule has 0 aromatic rings. The standard InChI is InChI=1S/C28H32O16S4/c29-25-13-1-14-6-22(46(36,37)38)8-16(26(14)30)3-18-10-24(48(42,43)44)12-20(28(18)32)4-19-11-23(47(39,40)41)9-17(27(19)31)2-15(25)7-21(5-13)45(33,34)35/h5-13,16-17,20,25-32H,1-4H2,(H,33,34,35)(H,36,37,38)(H,39,40,41)(H,42,43,44). The van der Waals surface area contributed by atoms with E-state index in [1.54, 1.807) is 0 Å². The second kappa shape index (κ2) is 12.6. The lowest BCUT2D eigenvalue weighted by atomic mass is 9.73. The highest BCUT2D eigenvalue weighted by Crippen LogP contribution is 2.43. The Kier molecular flexibility index (Phi) is 9.64. The summed E-state index contributed by atoms with van der Waals surface area (Å²) < 4.78 is 137. The van der Waals surface area contributed by atoms with Crippen molar-refractivity contribution >= 4 is 40.5 Å². The molecule has 20 heteroatoms. The van der Waals surface area contributed by atoms with Gasteiger partial charge in [0.05, 0.1) is 44.0 Å². The van der Waals surface area contributed by atoms with E-state index < -0.39 is 134 Å². The molecule has 8 bridgehead atoms. The Morgan fingerprint density at radius 2 is 0.542 bits per heavy atom. The second-order valence-corrected chi connectivity index (χ2v) is 18.0. The largest absolute Gasteiger partial charge is 0.388 e. The number of allylic oxidation sites excluding steroid dienone is 4. The summed E-state index contributed by atoms with van der Waals surface area (Å²) in [4.78, 5) is -2.81. The summed E-state index contributed by atoms with van der Waals surface area (Å²) in [7, 11) is -19.8. The van der Waals surface area contributed by atoms with Gasteiger partial charge in [-0.1, -0.05) is 24.3 Å². The monoisotopic (exact) mass is 752 g/mol. The summed E-state index contributed by atoms with van der Waals surface area (Å²) in [6.45, 7) is 0. The molecule has 8 unspecified atom stereocenters. The van der Waals surface area contributed by atoms with Gasteiger partial charge in [-0.15, -0.1) is 0 Å². The first-order chi connectivity index (χ1) is 21.9. The fourth-order valence-electron chi connectivity index (χ4n) is 6.70. The molecule has 5 rings (SSSR count). The molecule has 8 atom stereocenters. The van der Waals surface area contributed by atoms with Gasteiger partial charge >= 0.3 is 0 Å². The molecule has 5 aliphatic carbocycles. The molecular weight excluding hydrogens is 721 g/mol. The van der Waals surface area contributed by atoms with E-state index in [4.69, 9.17) is 0 Å². The van der Waals surface area contributed by atoms with Gasteiger partial charge in [0, 0.05) is 23.7 Å². The Bertz CT molecular complexity index is 1810. The van der Waals surface area contributed by atoms with Gasteiger partial charge in [0.1, 0.15) is 0 Å². The predicted octanol–water partition coefficient (Wildman–Crippen LogP) is 0.316. The van der Waals surface area contributed by atoms with Crippen LogP contribution >= 0.6 is 0 Å². The van der Waals surface area contributed by atoms with Gasteiger partial charge < -0.3 is 20.4 Å². The van der Waals surface area contributed by atoms with Crippen LogP contribution in [0.15, 0.2) is 90.5 Å². The first-order valence-electron chi connectivity index (χ1n) is 14.2. The number of hydrogen-bond donors (Lipinski definition) is 8. The number of rotatable bonds is 4. The number of fused-ring (bicyclic) bond motifs is 8. The molecule has 1 fully saturated rings. The maximum atomic E-state index is 12.2. The van der Waals surface area contributed by atoms with E-state index in [9.17, 15) is 72.3 Å². The molecule has 16 nitrogen and oxygen atoms in total. The number of hydrogen-bond acceptors (Lipinski definition) is 12. The third-order valence-corrected chi connectivity index (χ3v) is 12.4. The molecule has 0 saturated heterocycles. The molecule has 48 heavy (non-hydrogen) atoms. The third-order valence-electron chi connectivity index (χ3n) is 9.04. The van der Waals surface area contributed by atoms with Crippen LogP contribution in [-0.4, -0.2) is 96.7 Å². The molecule has 0 amide bonds. The predicted molar refractivity (Wildman–Crippen MR) is 167 cm³/mol. The summed E-state index contributed by atoms with van der Waals surface area (Å²) in [6.07, 6.45) is -0.975. The highest BCUT2D eigenvalue weighted by molar-refractivity contribution is 7.90. The van der Waals surface area contributed by atoms with E-state index in [2.05, 4.69) is 0 Å². The first kappa shape index (κ1) is 36.7. The Labute approximate surface area is 276 Å². The quantitative estimate of drug-likeness (QED) is 0.179. The van der Waals surface area contributed by atoms with Gasteiger partial charge in [-0.25, -0.2) is 0 Å². The van der Waals surface area contributed by atoms with Gasteiger partial charge in [0.2, 0.25) is 0 Å². The summed E-state index contributed by atoms with van der Waals surface area (Å²) in [6, 6.07) is 0. The number of aliphatic hydroxyl groups is 4. The highest BCUT2D eigenvalue weighted by atomic mass is 32.2. The minimum absolute atomic E-state index is 0.150. The lowest BCUT2D eigenvalue weighted by molar-refractivity contribution is 0.110. The highest BCUT2D eigenvalue weighted by Gasteiger charge is 2.40. The van der Waals surface area contributed by atoms with Crippen LogP contribution in [0.5, 0.6) is 0 Å². The summed E-state index contributed by atoms with van der Waals surface area (Å²) in [5.74, 6) is -5.18. The van der Waals surface area contributed by atoms with Crippen molar-refractivity contribution in [2.24, 2.45) is 23.7 Å². The van der Waals surface area contributed by atoms with Crippen LogP contribution in [-0.2, 0) is 40.5 Å². The van der Waals surface area contributed by atoms with Crippen molar-refractivity contribution in [2.45, 2.75) is 50.1 Å². The second-order valence-electron chi connectivity index (χ2n) is 12.3. The van der Waals surface area contributed by atoms with Crippen molar-refractivity contribution < 1.29 is 72.3 Å². The summed E-state index contributed by atoms with van der Waals surface area (Å²) in [5, 5.41) is 45.5. The topological polar surface area (TPSA) is 298 Å². The van der Waals surface area contributed by atoms with Gasteiger partial charge in [0.25, 0.3) is 40.5 Å². The minimum atomic E-state index is -4.94. The van der Waals surface area contributed by atoms with E-state index >= 15 is 0 Å². The van der Waals surface area contributed by atoms with E-state index in [-0.39, 0.29) is 22.3 Å². The maximum absolute atomic E-state index is 12.2. The fraction of sp³-hybridized carbons (Fsp3) is 0.429. The number of aliphatic hydroxyl groups excluding tert-OH is 4. The van der Waals surface area contributed by atoms with Crippen molar-refractivity contribution in [2.75, 3.05) is 0 Å². The van der Waals surface area contributed by atoms with Crippen molar-refractivity contribution in [3.05, 3.63) is 90.5 Å². The van der Waals surface area contributed by atoms with Crippen LogP contribution in [0.25, 0.3) is 0 Å². The van der Waals surface area contributed by atoms with Crippen molar-refractivity contribution in [3.8, 4) is 0 Å².